The number of aromatic nitrogens is 2. The van der Waals surface area contributed by atoms with Crippen molar-refractivity contribution >= 4 is 11.4 Å². The molecule has 5 rings (SSSR count). The number of pyridine rings is 1. The van der Waals surface area contributed by atoms with Gasteiger partial charge in [0.2, 0.25) is 0 Å². The molecule has 198 valence electrons. The predicted octanol–water partition coefficient (Wildman–Crippen LogP) is 5.70. The molecule has 9 heteroatoms. The molecule has 1 saturated carbocycles. The monoisotopic (exact) mass is 513 g/mol. The van der Waals surface area contributed by atoms with Crippen LogP contribution in [0.3, 0.4) is 0 Å². The molecular formula is C28H33F2N3O4. The molecule has 1 saturated heterocycles. The number of rotatable bonds is 11. The molecule has 1 unspecified atom stereocenters. The molecule has 0 spiro atoms. The SMILES string of the molecule is COc1cc(-c2cnc3cc(OCC4CCN(C(C)C)C4)ccn23)cc(OC(F)F)c1C(=O)CC1CC1. The van der Waals surface area contributed by atoms with Crippen molar-refractivity contribution in [1.29, 1.82) is 0 Å². The van der Waals surface area contributed by atoms with E-state index < -0.39 is 6.61 Å². The lowest BCUT2D eigenvalue weighted by Gasteiger charge is -2.20. The molecule has 2 aromatic heterocycles. The number of imidazole rings is 1. The summed E-state index contributed by atoms with van der Waals surface area (Å²) in [5, 5.41) is 0. The van der Waals surface area contributed by atoms with Gasteiger partial charge in [0.15, 0.2) is 5.78 Å². The molecule has 3 aromatic rings. The number of benzene rings is 1. The van der Waals surface area contributed by atoms with E-state index in [0.29, 0.717) is 47.8 Å². The third-order valence-corrected chi connectivity index (χ3v) is 7.27. The van der Waals surface area contributed by atoms with E-state index in [0.717, 1.165) is 38.1 Å². The second-order valence-corrected chi connectivity index (χ2v) is 10.3. The zero-order valence-corrected chi connectivity index (χ0v) is 21.5. The molecule has 7 nitrogen and oxygen atoms in total. The Hall–Kier alpha value is -3.20. The first kappa shape index (κ1) is 25.4. The fourth-order valence-electron chi connectivity index (χ4n) is 5.00. The number of ether oxygens (including phenoxy) is 3. The predicted molar refractivity (Wildman–Crippen MR) is 136 cm³/mol. The van der Waals surface area contributed by atoms with Gasteiger partial charge in [-0.1, -0.05) is 0 Å². The van der Waals surface area contributed by atoms with E-state index in [1.54, 1.807) is 12.3 Å². The lowest BCUT2D eigenvalue weighted by Crippen LogP contribution is -2.29. The van der Waals surface area contributed by atoms with Crippen LogP contribution >= 0.6 is 0 Å². The summed E-state index contributed by atoms with van der Waals surface area (Å²) >= 11 is 0. The number of likely N-dealkylation sites (tertiary alicyclic amines) is 1. The molecule has 37 heavy (non-hydrogen) atoms. The highest BCUT2D eigenvalue weighted by Crippen LogP contribution is 2.40. The normalized spacial score (nSPS) is 18.2. The lowest BCUT2D eigenvalue weighted by atomic mass is 10.00. The fourth-order valence-corrected chi connectivity index (χ4v) is 5.00. The van der Waals surface area contributed by atoms with Gasteiger partial charge in [0, 0.05) is 42.8 Å². The summed E-state index contributed by atoms with van der Waals surface area (Å²) in [6, 6.07) is 7.41. The molecule has 0 bridgehead atoms. The Morgan fingerprint density at radius 2 is 1.92 bits per heavy atom. The Morgan fingerprint density at radius 3 is 2.59 bits per heavy atom. The summed E-state index contributed by atoms with van der Waals surface area (Å²) in [6.07, 6.45) is 6.86. The molecule has 2 aliphatic rings. The van der Waals surface area contributed by atoms with Crippen LogP contribution in [0.15, 0.2) is 36.7 Å². The van der Waals surface area contributed by atoms with Gasteiger partial charge in [0.05, 0.1) is 25.6 Å². The zero-order chi connectivity index (χ0) is 26.1. The number of carbonyl (C=O) groups excluding carboxylic acids is 1. The van der Waals surface area contributed by atoms with Crippen molar-refractivity contribution in [2.75, 3.05) is 26.8 Å². The Balaban J connectivity index is 1.39. The van der Waals surface area contributed by atoms with Crippen molar-refractivity contribution in [1.82, 2.24) is 14.3 Å². The van der Waals surface area contributed by atoms with Crippen LogP contribution in [0.1, 0.15) is 49.9 Å². The van der Waals surface area contributed by atoms with Crippen LogP contribution in [0, 0.1) is 11.8 Å². The van der Waals surface area contributed by atoms with Gasteiger partial charge in [-0.25, -0.2) is 4.98 Å². The molecule has 3 heterocycles. The Bertz CT molecular complexity index is 1270. The standard InChI is InChI=1S/C28H33F2N3O4/c1-17(2)32-8-6-19(15-32)16-36-21-7-9-33-22(14-31-26(33)13-21)20-11-24(35-3)27(23(34)10-18-4-5-18)25(12-20)37-28(29)30/h7,9,11-14,17-19,28H,4-6,8,10,15-16H2,1-3H3. The Morgan fingerprint density at radius 1 is 1.14 bits per heavy atom. The van der Waals surface area contributed by atoms with Gasteiger partial charge >= 0.3 is 6.61 Å². The summed E-state index contributed by atoms with van der Waals surface area (Å²) in [6.45, 7) is 4.14. The van der Waals surface area contributed by atoms with Crippen LogP contribution in [0.25, 0.3) is 16.9 Å². The molecule has 1 atom stereocenters. The molecule has 0 N–H and O–H groups in total. The van der Waals surface area contributed by atoms with E-state index in [1.807, 2.05) is 22.7 Å². The molecular weight excluding hydrogens is 480 g/mol. The lowest BCUT2D eigenvalue weighted by molar-refractivity contribution is -0.0502. The molecule has 1 aliphatic heterocycles. The second kappa shape index (κ2) is 10.7. The first-order valence-electron chi connectivity index (χ1n) is 12.9. The average Bonchev–Trinajstić information content (AvgIpc) is 3.37. The number of nitrogens with zero attached hydrogens (tertiary/aromatic N) is 3. The summed E-state index contributed by atoms with van der Waals surface area (Å²) < 4.78 is 44.7. The second-order valence-electron chi connectivity index (χ2n) is 10.3. The molecule has 2 fully saturated rings. The van der Waals surface area contributed by atoms with Gasteiger partial charge in [-0.05, 0) is 63.8 Å². The van der Waals surface area contributed by atoms with Crippen molar-refractivity contribution < 1.29 is 27.8 Å². The fraction of sp³-hybridized carbons (Fsp3) is 0.500. The summed E-state index contributed by atoms with van der Waals surface area (Å²) in [5.41, 5.74) is 1.93. The number of methoxy groups -OCH3 is 1. The minimum atomic E-state index is -3.07. The van der Waals surface area contributed by atoms with Gasteiger partial charge in [-0.15, -0.1) is 0 Å². The van der Waals surface area contributed by atoms with Gasteiger partial charge < -0.3 is 19.1 Å². The van der Waals surface area contributed by atoms with Crippen LogP contribution in [0.4, 0.5) is 8.78 Å². The van der Waals surface area contributed by atoms with Gasteiger partial charge in [-0.2, -0.15) is 8.78 Å². The maximum atomic E-state index is 13.3. The highest BCUT2D eigenvalue weighted by molar-refractivity contribution is 6.02. The third-order valence-electron chi connectivity index (χ3n) is 7.27. The van der Waals surface area contributed by atoms with Crippen LogP contribution < -0.4 is 14.2 Å². The van der Waals surface area contributed by atoms with Crippen molar-refractivity contribution in [2.24, 2.45) is 11.8 Å². The summed E-state index contributed by atoms with van der Waals surface area (Å²) in [4.78, 5) is 19.9. The maximum Gasteiger partial charge on any atom is 0.387 e. The van der Waals surface area contributed by atoms with Gasteiger partial charge in [-0.3, -0.25) is 9.20 Å². The van der Waals surface area contributed by atoms with E-state index in [-0.39, 0.29) is 22.8 Å². The van der Waals surface area contributed by atoms with Crippen molar-refractivity contribution in [3.63, 3.8) is 0 Å². The minimum Gasteiger partial charge on any atom is -0.496 e. The molecule has 1 aliphatic carbocycles. The first-order valence-corrected chi connectivity index (χ1v) is 12.9. The third kappa shape index (κ3) is 5.71. The van der Waals surface area contributed by atoms with Gasteiger partial charge in [0.25, 0.3) is 0 Å². The van der Waals surface area contributed by atoms with E-state index in [1.165, 1.54) is 13.2 Å². The Kier molecular flexibility index (Phi) is 7.33. The summed E-state index contributed by atoms with van der Waals surface area (Å²) in [7, 11) is 1.42. The van der Waals surface area contributed by atoms with Crippen LogP contribution in [0.2, 0.25) is 0 Å². The highest BCUT2D eigenvalue weighted by Gasteiger charge is 2.30. The number of hydrogen-bond acceptors (Lipinski definition) is 6. The smallest absolute Gasteiger partial charge is 0.387 e. The van der Waals surface area contributed by atoms with E-state index in [9.17, 15) is 13.6 Å². The minimum absolute atomic E-state index is 0.0610. The zero-order valence-electron chi connectivity index (χ0n) is 21.5. The number of fused-ring (bicyclic) bond motifs is 1. The van der Waals surface area contributed by atoms with Crippen molar-refractivity contribution in [2.45, 2.75) is 52.2 Å². The maximum absolute atomic E-state index is 13.3. The molecule has 0 radical (unpaired) electrons. The van der Waals surface area contributed by atoms with E-state index in [2.05, 4.69) is 23.7 Å². The quantitative estimate of drug-likeness (QED) is 0.306. The number of Topliss-reactive ketones (excluding diaryl/α,β-unsaturated/α-hetero) is 1. The highest BCUT2D eigenvalue weighted by atomic mass is 19.3. The van der Waals surface area contributed by atoms with E-state index in [4.69, 9.17) is 14.2 Å². The number of halogens is 2. The first-order chi connectivity index (χ1) is 17.8. The van der Waals surface area contributed by atoms with Crippen LogP contribution in [-0.4, -0.2) is 59.5 Å². The average molecular weight is 514 g/mol. The Labute approximate surface area is 215 Å². The number of hydrogen-bond donors (Lipinski definition) is 0. The van der Waals surface area contributed by atoms with Crippen molar-refractivity contribution in [3.8, 4) is 28.5 Å². The largest absolute Gasteiger partial charge is 0.496 e. The topological polar surface area (TPSA) is 65.3 Å². The number of ketones is 1. The number of carbonyl (C=O) groups is 1. The van der Waals surface area contributed by atoms with Crippen LogP contribution in [-0.2, 0) is 0 Å². The van der Waals surface area contributed by atoms with Crippen molar-refractivity contribution in [3.05, 3.63) is 42.2 Å². The van der Waals surface area contributed by atoms with Gasteiger partial charge in [0.1, 0.15) is 28.5 Å². The molecule has 1 aromatic carbocycles. The van der Waals surface area contributed by atoms with Crippen LogP contribution in [0.5, 0.6) is 17.2 Å². The molecule has 0 amide bonds. The number of alkyl halides is 2. The summed E-state index contributed by atoms with van der Waals surface area (Å²) in [5.74, 6) is 1.30. The van der Waals surface area contributed by atoms with E-state index >= 15 is 0 Å².